The highest BCUT2D eigenvalue weighted by molar-refractivity contribution is 6.30. The monoisotopic (exact) mass is 294 g/mol. The molecule has 2 aromatic rings. The SMILES string of the molecule is COCC(CO)NC(=O)c1cc(Cl)nc2ccccc12. The summed E-state index contributed by atoms with van der Waals surface area (Å²) in [7, 11) is 1.51. The average Bonchev–Trinajstić information content (AvgIpc) is 2.45. The Bertz CT molecular complexity index is 618. The minimum Gasteiger partial charge on any atom is -0.394 e. The average molecular weight is 295 g/mol. The lowest BCUT2D eigenvalue weighted by Gasteiger charge is -2.16. The zero-order valence-electron chi connectivity index (χ0n) is 11.0. The van der Waals surface area contributed by atoms with E-state index < -0.39 is 6.04 Å². The number of aliphatic hydroxyl groups excluding tert-OH is 1. The van der Waals surface area contributed by atoms with Crippen molar-refractivity contribution in [3.63, 3.8) is 0 Å². The van der Waals surface area contributed by atoms with Gasteiger partial charge in [0.1, 0.15) is 5.15 Å². The molecular formula is C14H15ClN2O3. The van der Waals surface area contributed by atoms with Crippen LogP contribution in [0.1, 0.15) is 10.4 Å². The number of hydrogen-bond donors (Lipinski definition) is 2. The fraction of sp³-hybridized carbons (Fsp3) is 0.286. The number of benzene rings is 1. The predicted molar refractivity (Wildman–Crippen MR) is 77.0 cm³/mol. The van der Waals surface area contributed by atoms with Crippen LogP contribution in [0, 0.1) is 0 Å². The Labute approximate surface area is 121 Å². The summed E-state index contributed by atoms with van der Waals surface area (Å²) in [4.78, 5) is 16.5. The second kappa shape index (κ2) is 6.65. The molecule has 1 aromatic carbocycles. The van der Waals surface area contributed by atoms with E-state index >= 15 is 0 Å². The van der Waals surface area contributed by atoms with Crippen LogP contribution in [0.5, 0.6) is 0 Å². The number of fused-ring (bicyclic) bond motifs is 1. The molecule has 1 unspecified atom stereocenters. The van der Waals surface area contributed by atoms with Crippen molar-refractivity contribution in [3.05, 3.63) is 41.0 Å². The second-order valence-corrected chi connectivity index (χ2v) is 4.71. The number of aromatic nitrogens is 1. The third-order valence-corrected chi connectivity index (χ3v) is 3.05. The van der Waals surface area contributed by atoms with Crippen LogP contribution < -0.4 is 5.32 Å². The molecule has 5 nitrogen and oxygen atoms in total. The van der Waals surface area contributed by atoms with Gasteiger partial charge in [0, 0.05) is 12.5 Å². The van der Waals surface area contributed by atoms with Crippen LogP contribution in [0.15, 0.2) is 30.3 Å². The highest BCUT2D eigenvalue weighted by Crippen LogP contribution is 2.20. The second-order valence-electron chi connectivity index (χ2n) is 4.32. The smallest absolute Gasteiger partial charge is 0.252 e. The van der Waals surface area contributed by atoms with Gasteiger partial charge in [-0.25, -0.2) is 4.98 Å². The van der Waals surface area contributed by atoms with E-state index in [2.05, 4.69) is 10.3 Å². The molecular weight excluding hydrogens is 280 g/mol. The molecule has 1 amide bonds. The van der Waals surface area contributed by atoms with E-state index in [-0.39, 0.29) is 24.3 Å². The van der Waals surface area contributed by atoms with Crippen molar-refractivity contribution in [2.45, 2.75) is 6.04 Å². The number of aliphatic hydroxyl groups is 1. The van der Waals surface area contributed by atoms with Gasteiger partial charge in [0.05, 0.1) is 30.3 Å². The van der Waals surface area contributed by atoms with Crippen LogP contribution in [0.25, 0.3) is 10.9 Å². The number of ether oxygens (including phenoxy) is 1. The van der Waals surface area contributed by atoms with Crippen LogP contribution in [0.3, 0.4) is 0 Å². The Balaban J connectivity index is 2.34. The van der Waals surface area contributed by atoms with Gasteiger partial charge in [0.25, 0.3) is 5.91 Å². The van der Waals surface area contributed by atoms with Gasteiger partial charge in [0.15, 0.2) is 0 Å². The van der Waals surface area contributed by atoms with Crippen LogP contribution in [0.4, 0.5) is 0 Å². The molecule has 0 aliphatic rings. The first-order chi connectivity index (χ1) is 9.65. The zero-order chi connectivity index (χ0) is 14.5. The normalized spacial score (nSPS) is 12.3. The Hall–Kier alpha value is -1.69. The van der Waals surface area contributed by atoms with E-state index in [0.29, 0.717) is 16.5 Å². The minimum atomic E-state index is -0.460. The van der Waals surface area contributed by atoms with Crippen molar-refractivity contribution in [1.29, 1.82) is 0 Å². The maximum atomic E-state index is 12.3. The summed E-state index contributed by atoms with van der Waals surface area (Å²) in [6, 6.07) is 8.30. The Morgan fingerprint density at radius 2 is 2.25 bits per heavy atom. The van der Waals surface area contributed by atoms with Crippen molar-refractivity contribution >= 4 is 28.4 Å². The number of pyridine rings is 1. The first kappa shape index (κ1) is 14.7. The van der Waals surface area contributed by atoms with Gasteiger partial charge < -0.3 is 15.2 Å². The number of carbonyl (C=O) groups excluding carboxylic acids is 1. The van der Waals surface area contributed by atoms with Crippen molar-refractivity contribution < 1.29 is 14.6 Å². The van der Waals surface area contributed by atoms with E-state index in [4.69, 9.17) is 16.3 Å². The first-order valence-corrected chi connectivity index (χ1v) is 6.49. The third kappa shape index (κ3) is 3.25. The van der Waals surface area contributed by atoms with Gasteiger partial charge in [-0.3, -0.25) is 4.79 Å². The Morgan fingerprint density at radius 3 is 2.95 bits per heavy atom. The number of hydrogen-bond acceptors (Lipinski definition) is 4. The van der Waals surface area contributed by atoms with E-state index in [1.807, 2.05) is 12.1 Å². The molecule has 0 spiro atoms. The number of nitrogens with one attached hydrogen (secondary N) is 1. The maximum absolute atomic E-state index is 12.3. The highest BCUT2D eigenvalue weighted by Gasteiger charge is 2.16. The number of methoxy groups -OCH3 is 1. The van der Waals surface area contributed by atoms with E-state index in [0.717, 1.165) is 0 Å². The fourth-order valence-corrected chi connectivity index (χ4v) is 2.14. The Kier molecular flexibility index (Phi) is 4.89. The van der Waals surface area contributed by atoms with Crippen LogP contribution in [0.2, 0.25) is 5.15 Å². The van der Waals surface area contributed by atoms with Crippen LogP contribution >= 0.6 is 11.6 Å². The van der Waals surface area contributed by atoms with Gasteiger partial charge in [-0.1, -0.05) is 29.8 Å². The van der Waals surface area contributed by atoms with Crippen LogP contribution in [-0.2, 0) is 4.74 Å². The summed E-state index contributed by atoms with van der Waals surface area (Å²) in [5.41, 5.74) is 1.08. The minimum absolute atomic E-state index is 0.198. The van der Waals surface area contributed by atoms with E-state index in [1.165, 1.54) is 13.2 Å². The molecule has 0 radical (unpaired) electrons. The van der Waals surface area contributed by atoms with Gasteiger partial charge in [-0.05, 0) is 12.1 Å². The fourth-order valence-electron chi connectivity index (χ4n) is 1.94. The van der Waals surface area contributed by atoms with E-state index in [1.54, 1.807) is 12.1 Å². The molecule has 0 fully saturated rings. The number of rotatable bonds is 5. The molecule has 1 aromatic heterocycles. The molecule has 20 heavy (non-hydrogen) atoms. The van der Waals surface area contributed by atoms with Crippen molar-refractivity contribution in [2.24, 2.45) is 0 Å². The Morgan fingerprint density at radius 1 is 1.50 bits per heavy atom. The molecule has 0 saturated carbocycles. The van der Waals surface area contributed by atoms with Crippen molar-refractivity contribution in [2.75, 3.05) is 20.3 Å². The molecule has 2 rings (SSSR count). The predicted octanol–water partition coefficient (Wildman–Crippen LogP) is 1.63. The summed E-state index contributed by atoms with van der Waals surface area (Å²) in [6.45, 7) is 0.0370. The summed E-state index contributed by atoms with van der Waals surface area (Å²) in [6.07, 6.45) is 0. The van der Waals surface area contributed by atoms with Crippen molar-refractivity contribution in [3.8, 4) is 0 Å². The number of carbonyl (C=O) groups is 1. The van der Waals surface area contributed by atoms with Gasteiger partial charge in [0.2, 0.25) is 0 Å². The lowest BCUT2D eigenvalue weighted by molar-refractivity contribution is 0.0841. The number of amides is 1. The van der Waals surface area contributed by atoms with Crippen molar-refractivity contribution in [1.82, 2.24) is 10.3 Å². The topological polar surface area (TPSA) is 71.5 Å². The summed E-state index contributed by atoms with van der Waals surface area (Å²) in [5, 5.41) is 12.9. The molecule has 0 bridgehead atoms. The number of halogens is 1. The maximum Gasteiger partial charge on any atom is 0.252 e. The molecule has 1 atom stereocenters. The molecule has 0 saturated heterocycles. The molecule has 106 valence electrons. The standard InChI is InChI=1S/C14H15ClN2O3/c1-20-8-9(7-18)16-14(19)11-6-13(15)17-12-5-3-2-4-10(11)12/h2-6,9,18H,7-8H2,1H3,(H,16,19). The van der Waals surface area contributed by atoms with Gasteiger partial charge >= 0.3 is 0 Å². The third-order valence-electron chi connectivity index (χ3n) is 2.85. The molecule has 6 heteroatoms. The van der Waals surface area contributed by atoms with E-state index in [9.17, 15) is 9.90 Å². The van der Waals surface area contributed by atoms with Gasteiger partial charge in [-0.15, -0.1) is 0 Å². The molecule has 2 N–H and O–H groups in total. The van der Waals surface area contributed by atoms with Gasteiger partial charge in [-0.2, -0.15) is 0 Å². The summed E-state index contributed by atoms with van der Waals surface area (Å²) < 4.78 is 4.93. The largest absolute Gasteiger partial charge is 0.394 e. The lowest BCUT2D eigenvalue weighted by atomic mass is 10.1. The lowest BCUT2D eigenvalue weighted by Crippen LogP contribution is -2.40. The molecule has 0 aliphatic heterocycles. The zero-order valence-corrected chi connectivity index (χ0v) is 11.7. The highest BCUT2D eigenvalue weighted by atomic mass is 35.5. The van der Waals surface area contributed by atoms with Crippen LogP contribution in [-0.4, -0.2) is 42.4 Å². The molecule has 1 heterocycles. The first-order valence-electron chi connectivity index (χ1n) is 6.11. The number of nitrogens with zero attached hydrogens (tertiary/aromatic N) is 1. The summed E-state index contributed by atoms with van der Waals surface area (Å²) in [5.74, 6) is -0.318. The summed E-state index contributed by atoms with van der Waals surface area (Å²) >= 11 is 5.93. The quantitative estimate of drug-likeness (QED) is 0.822. The molecule has 0 aliphatic carbocycles. The number of para-hydroxylation sites is 1.